The fourth-order valence-electron chi connectivity index (χ4n) is 2.15. The molecule has 28 heavy (non-hydrogen) atoms. The number of ether oxygens (including phenoxy) is 2. The average Bonchev–Trinajstić information content (AvgIpc) is 2.69. The zero-order valence-corrected chi connectivity index (χ0v) is 16.8. The lowest BCUT2D eigenvalue weighted by Crippen LogP contribution is -2.15. The summed E-state index contributed by atoms with van der Waals surface area (Å²) in [5, 5.41) is 0. The van der Waals surface area contributed by atoms with E-state index in [2.05, 4.69) is 16.1 Å². The van der Waals surface area contributed by atoms with E-state index >= 15 is 0 Å². The van der Waals surface area contributed by atoms with E-state index in [0.717, 1.165) is 35.5 Å². The maximum absolute atomic E-state index is 14.1. The number of hydrogen-bond acceptors (Lipinski definition) is 6. The van der Waals surface area contributed by atoms with Crippen molar-refractivity contribution in [2.45, 2.75) is 11.4 Å². The molecule has 0 aliphatic carbocycles. The quantitative estimate of drug-likeness (QED) is 0.176. The highest BCUT2D eigenvalue weighted by Crippen LogP contribution is 2.33. The summed E-state index contributed by atoms with van der Waals surface area (Å²) in [6.45, 7) is 3.61. The number of benzene rings is 2. The molecule has 0 atom stereocenters. The fourth-order valence-corrected chi connectivity index (χ4v) is 3.71. The molecule has 150 valence electrons. The van der Waals surface area contributed by atoms with Crippen LogP contribution in [0.3, 0.4) is 0 Å². The maximum atomic E-state index is 14.1. The molecular weight excluding hydrogens is 411 g/mol. The van der Waals surface area contributed by atoms with Gasteiger partial charge in [0.15, 0.2) is 11.6 Å². The van der Waals surface area contributed by atoms with Crippen molar-refractivity contribution in [3.63, 3.8) is 0 Å². The number of hydrogen-bond donors (Lipinski definition) is 0. The Hall–Kier alpha value is -2.17. The summed E-state index contributed by atoms with van der Waals surface area (Å²) >= 11 is 2.09. The van der Waals surface area contributed by atoms with Gasteiger partial charge in [-0.1, -0.05) is 6.07 Å². The van der Waals surface area contributed by atoms with E-state index in [1.165, 1.54) is 13.4 Å². The van der Waals surface area contributed by atoms with Gasteiger partial charge in [-0.2, -0.15) is 0 Å². The summed E-state index contributed by atoms with van der Waals surface area (Å²) in [7, 11) is 3.07. The Morgan fingerprint density at radius 1 is 1.07 bits per heavy atom. The molecule has 0 aliphatic rings. The lowest BCUT2D eigenvalue weighted by Gasteiger charge is -2.21. The third kappa shape index (κ3) is 6.18. The van der Waals surface area contributed by atoms with Crippen LogP contribution in [0.25, 0.3) is 0 Å². The molecular formula is C18H18F3N3O2S2. The number of aliphatic imine (C=N–C) groups is 1. The van der Waals surface area contributed by atoms with Crippen molar-refractivity contribution >= 4 is 37.0 Å². The molecule has 0 N–H and O–H groups in total. The van der Waals surface area contributed by atoms with Crippen LogP contribution in [0, 0.1) is 17.5 Å². The van der Waals surface area contributed by atoms with Gasteiger partial charge >= 0.3 is 0 Å². The van der Waals surface area contributed by atoms with E-state index in [0.29, 0.717) is 30.0 Å². The minimum absolute atomic E-state index is 0.0437. The first-order valence-electron chi connectivity index (χ1n) is 7.86. The van der Waals surface area contributed by atoms with Gasteiger partial charge in [0.05, 0.1) is 25.0 Å². The zero-order chi connectivity index (χ0) is 20.5. The first kappa shape index (κ1) is 22.1. The second-order valence-corrected chi connectivity index (χ2v) is 7.13. The van der Waals surface area contributed by atoms with Gasteiger partial charge in [-0.25, -0.2) is 21.9 Å². The molecule has 5 nitrogen and oxygen atoms in total. The Balaban J connectivity index is 2.25. The molecule has 0 saturated heterocycles. The Morgan fingerprint density at radius 3 is 2.50 bits per heavy atom. The van der Waals surface area contributed by atoms with Crippen molar-refractivity contribution in [2.75, 3.05) is 20.1 Å². The molecule has 0 aliphatic heterocycles. The summed E-state index contributed by atoms with van der Waals surface area (Å²) < 4.78 is 57.0. The van der Waals surface area contributed by atoms with Crippen LogP contribution in [0.5, 0.6) is 11.5 Å². The molecule has 0 aromatic heterocycles. The monoisotopic (exact) mass is 429 g/mol. The molecule has 0 fully saturated rings. The molecule has 2 rings (SSSR count). The third-order valence-corrected chi connectivity index (χ3v) is 5.31. The molecule has 0 heterocycles. The summed E-state index contributed by atoms with van der Waals surface area (Å²) in [4.78, 5) is 3.47. The van der Waals surface area contributed by atoms with Crippen LogP contribution in [0.15, 0.2) is 44.6 Å². The molecule has 2 aromatic rings. The van der Waals surface area contributed by atoms with E-state index in [-0.39, 0.29) is 4.90 Å². The van der Waals surface area contributed by atoms with Gasteiger partial charge in [-0.05, 0) is 42.7 Å². The highest BCUT2D eigenvalue weighted by molar-refractivity contribution is 8.00. The van der Waals surface area contributed by atoms with Gasteiger partial charge in [0, 0.05) is 24.2 Å². The molecule has 0 radical (unpaired) electrons. The smallest absolute Gasteiger partial charge is 0.161 e. The highest BCUT2D eigenvalue weighted by Gasteiger charge is 2.17. The summed E-state index contributed by atoms with van der Waals surface area (Å²) in [6.07, 6.45) is 1.28. The lowest BCUT2D eigenvalue weighted by atomic mass is 10.2. The van der Waals surface area contributed by atoms with Crippen LogP contribution in [0.4, 0.5) is 13.2 Å². The van der Waals surface area contributed by atoms with Gasteiger partial charge in [-0.3, -0.25) is 4.99 Å². The number of methoxy groups -OCH3 is 2. The standard InChI is InChI=1S/C18H18F3N3O2S2/c1-22-10-23-27-11-24(28-18-8-15(20)14(19)7-16(18)21)9-12-4-5-13(25-2)6-17(12)26-3/h4-8,10H,1,9,11H2,2-3H3/b23-10-. The van der Waals surface area contributed by atoms with Crippen LogP contribution in [0.2, 0.25) is 0 Å². The second kappa shape index (κ2) is 11.0. The van der Waals surface area contributed by atoms with Crippen molar-refractivity contribution in [3.8, 4) is 11.5 Å². The number of nitrogens with zero attached hydrogens (tertiary/aromatic N) is 3. The van der Waals surface area contributed by atoms with Crippen molar-refractivity contribution in [2.24, 2.45) is 9.39 Å². The Bertz CT molecular complexity index is 853. The fraction of sp³-hybridized carbons (Fsp3) is 0.222. The third-order valence-electron chi connectivity index (χ3n) is 3.45. The normalized spacial score (nSPS) is 11.2. The van der Waals surface area contributed by atoms with Crippen LogP contribution < -0.4 is 9.47 Å². The van der Waals surface area contributed by atoms with Crippen molar-refractivity contribution in [1.29, 1.82) is 0 Å². The SMILES string of the molecule is C=N/C=N\SCN(Cc1ccc(OC)cc1OC)Sc1cc(F)c(F)cc1F. The van der Waals surface area contributed by atoms with E-state index in [4.69, 9.17) is 9.47 Å². The molecule has 0 spiro atoms. The predicted molar refractivity (Wildman–Crippen MR) is 108 cm³/mol. The molecule has 0 bridgehead atoms. The maximum Gasteiger partial charge on any atom is 0.161 e. The van der Waals surface area contributed by atoms with Gasteiger partial charge in [0.1, 0.15) is 23.7 Å². The van der Waals surface area contributed by atoms with E-state index in [1.807, 2.05) is 6.07 Å². The minimum atomic E-state index is -1.23. The van der Waals surface area contributed by atoms with Gasteiger partial charge < -0.3 is 9.47 Å². The van der Waals surface area contributed by atoms with Crippen LogP contribution in [0.1, 0.15) is 5.56 Å². The topological polar surface area (TPSA) is 46.4 Å². The molecule has 10 heteroatoms. The zero-order valence-electron chi connectivity index (χ0n) is 15.2. The summed E-state index contributed by atoms with van der Waals surface area (Å²) in [5.74, 6) is -1.69. The largest absolute Gasteiger partial charge is 0.497 e. The molecule has 0 amide bonds. The van der Waals surface area contributed by atoms with E-state index < -0.39 is 17.5 Å². The Kier molecular flexibility index (Phi) is 8.68. The predicted octanol–water partition coefficient (Wildman–Crippen LogP) is 4.97. The van der Waals surface area contributed by atoms with Crippen LogP contribution in [-0.2, 0) is 6.54 Å². The lowest BCUT2D eigenvalue weighted by molar-refractivity contribution is 0.386. The Morgan fingerprint density at radius 2 is 1.82 bits per heavy atom. The number of rotatable bonds is 10. The van der Waals surface area contributed by atoms with Crippen molar-refractivity contribution in [3.05, 3.63) is 53.3 Å². The molecule has 2 aromatic carbocycles. The molecule has 0 unspecified atom stereocenters. The first-order valence-corrected chi connectivity index (χ1v) is 9.58. The van der Waals surface area contributed by atoms with Gasteiger partial charge in [0.2, 0.25) is 0 Å². The molecule has 0 saturated carbocycles. The van der Waals surface area contributed by atoms with Gasteiger partial charge in [-0.15, -0.1) is 0 Å². The van der Waals surface area contributed by atoms with Crippen molar-refractivity contribution in [1.82, 2.24) is 4.31 Å². The minimum Gasteiger partial charge on any atom is -0.497 e. The average molecular weight is 429 g/mol. The van der Waals surface area contributed by atoms with Gasteiger partial charge in [0.25, 0.3) is 0 Å². The highest BCUT2D eigenvalue weighted by atomic mass is 32.2. The second-order valence-electron chi connectivity index (χ2n) is 5.27. The number of halogens is 3. The Labute approximate surface area is 169 Å². The van der Waals surface area contributed by atoms with Crippen molar-refractivity contribution < 1.29 is 22.6 Å². The summed E-state index contributed by atoms with van der Waals surface area (Å²) in [5.41, 5.74) is 0.796. The van der Waals surface area contributed by atoms with Crippen LogP contribution in [-0.4, -0.2) is 37.5 Å². The van der Waals surface area contributed by atoms with Crippen LogP contribution >= 0.6 is 23.9 Å². The van der Waals surface area contributed by atoms with E-state index in [1.54, 1.807) is 23.5 Å². The first-order chi connectivity index (χ1) is 13.5. The van der Waals surface area contributed by atoms with E-state index in [9.17, 15) is 13.2 Å². The summed E-state index contributed by atoms with van der Waals surface area (Å²) in [6, 6.07) is 6.66.